The molecule has 5 heteroatoms. The molecule has 2 amide bonds. The minimum Gasteiger partial charge on any atom is -0.481 e. The maximum atomic E-state index is 12.1. The van der Waals surface area contributed by atoms with Crippen LogP contribution < -0.4 is 0 Å². The fraction of sp³-hybridized carbons (Fsp3) is 0.667. The van der Waals surface area contributed by atoms with Crippen molar-refractivity contribution < 1.29 is 14.7 Å². The van der Waals surface area contributed by atoms with Crippen molar-refractivity contribution in [3.63, 3.8) is 0 Å². The molecule has 0 aromatic carbocycles. The van der Waals surface area contributed by atoms with E-state index in [9.17, 15) is 9.59 Å². The Kier molecular flexibility index (Phi) is 2.97. The average molecular weight is 236 g/mol. The molecule has 92 valence electrons. The molecule has 2 bridgehead atoms. The number of rotatable bonds is 2. The third-order valence-electron chi connectivity index (χ3n) is 3.73. The van der Waals surface area contributed by atoms with Crippen molar-refractivity contribution >= 4 is 12.0 Å². The molecule has 1 N–H and O–H groups in total. The molecule has 0 aromatic heterocycles. The first-order valence-corrected chi connectivity index (χ1v) is 5.76. The molecular weight excluding hydrogens is 220 g/mol. The molecule has 0 spiro atoms. The Hall–Kier alpha value is -1.70. The van der Waals surface area contributed by atoms with E-state index in [2.05, 4.69) is 5.92 Å². The Balaban J connectivity index is 2.11. The van der Waals surface area contributed by atoms with Crippen LogP contribution in [0.4, 0.5) is 4.79 Å². The van der Waals surface area contributed by atoms with Gasteiger partial charge in [-0.15, -0.1) is 6.42 Å². The Morgan fingerprint density at radius 3 is 2.76 bits per heavy atom. The quantitative estimate of drug-likeness (QED) is 0.714. The summed E-state index contributed by atoms with van der Waals surface area (Å²) in [6.07, 6.45) is 7.44. The molecule has 3 atom stereocenters. The van der Waals surface area contributed by atoms with E-state index in [0.29, 0.717) is 6.42 Å². The van der Waals surface area contributed by atoms with Gasteiger partial charge in [-0.25, -0.2) is 4.79 Å². The summed E-state index contributed by atoms with van der Waals surface area (Å²) >= 11 is 0. The molecule has 5 nitrogen and oxygen atoms in total. The number of hydrogen-bond acceptors (Lipinski definition) is 2. The number of carbonyl (C=O) groups is 2. The molecule has 0 aromatic rings. The van der Waals surface area contributed by atoms with Gasteiger partial charge in [0.05, 0.1) is 12.5 Å². The predicted octanol–water partition coefficient (Wildman–Crippen LogP) is 0.609. The third kappa shape index (κ3) is 1.84. The number of terminal acetylenes is 1. The van der Waals surface area contributed by atoms with E-state index in [1.54, 1.807) is 11.9 Å². The zero-order valence-electron chi connectivity index (χ0n) is 9.80. The zero-order chi connectivity index (χ0) is 12.6. The lowest BCUT2D eigenvalue weighted by atomic mass is 9.89. The van der Waals surface area contributed by atoms with E-state index in [1.807, 2.05) is 0 Å². The number of amides is 2. The monoisotopic (exact) mass is 236 g/mol. The summed E-state index contributed by atoms with van der Waals surface area (Å²) in [5.41, 5.74) is 0. The Morgan fingerprint density at radius 2 is 2.24 bits per heavy atom. The first-order valence-electron chi connectivity index (χ1n) is 5.76. The first-order chi connectivity index (χ1) is 8.06. The molecule has 2 rings (SSSR count). The van der Waals surface area contributed by atoms with Crippen molar-refractivity contribution in [3.8, 4) is 12.3 Å². The van der Waals surface area contributed by atoms with Crippen molar-refractivity contribution in [1.82, 2.24) is 9.80 Å². The van der Waals surface area contributed by atoms with Crippen LogP contribution >= 0.6 is 0 Å². The van der Waals surface area contributed by atoms with Crippen molar-refractivity contribution in [2.45, 2.75) is 31.3 Å². The molecule has 2 aliphatic heterocycles. The SMILES string of the molecule is C#CCN(C)C(=O)N1C2CCC1C(C(=O)O)C2. The van der Waals surface area contributed by atoms with Gasteiger partial charge in [0.25, 0.3) is 0 Å². The van der Waals surface area contributed by atoms with Gasteiger partial charge in [0.1, 0.15) is 0 Å². The highest BCUT2D eigenvalue weighted by molar-refractivity contribution is 5.79. The largest absolute Gasteiger partial charge is 0.481 e. The zero-order valence-corrected chi connectivity index (χ0v) is 9.80. The topological polar surface area (TPSA) is 60.9 Å². The summed E-state index contributed by atoms with van der Waals surface area (Å²) in [4.78, 5) is 26.4. The van der Waals surface area contributed by atoms with Crippen LogP contribution in [0.3, 0.4) is 0 Å². The Morgan fingerprint density at radius 1 is 1.53 bits per heavy atom. The average Bonchev–Trinajstić information content (AvgIpc) is 2.85. The minimum atomic E-state index is -0.797. The molecule has 0 radical (unpaired) electrons. The maximum absolute atomic E-state index is 12.1. The van der Waals surface area contributed by atoms with E-state index in [4.69, 9.17) is 11.5 Å². The van der Waals surface area contributed by atoms with E-state index in [1.165, 1.54) is 4.90 Å². The van der Waals surface area contributed by atoms with Crippen LogP contribution in [-0.4, -0.2) is 52.6 Å². The number of aliphatic carboxylic acids is 1. The molecule has 17 heavy (non-hydrogen) atoms. The van der Waals surface area contributed by atoms with Crippen LogP contribution in [-0.2, 0) is 4.79 Å². The third-order valence-corrected chi connectivity index (χ3v) is 3.73. The van der Waals surface area contributed by atoms with E-state index >= 15 is 0 Å². The summed E-state index contributed by atoms with van der Waals surface area (Å²) in [6.45, 7) is 0.256. The molecule has 0 saturated carbocycles. The second-order valence-corrected chi connectivity index (χ2v) is 4.73. The number of hydrogen-bond donors (Lipinski definition) is 1. The maximum Gasteiger partial charge on any atom is 0.321 e. The lowest BCUT2D eigenvalue weighted by Crippen LogP contribution is -2.45. The van der Waals surface area contributed by atoms with Gasteiger partial charge in [0.15, 0.2) is 0 Å². The summed E-state index contributed by atoms with van der Waals surface area (Å²) in [5, 5.41) is 9.09. The highest BCUT2D eigenvalue weighted by atomic mass is 16.4. The smallest absolute Gasteiger partial charge is 0.321 e. The second-order valence-electron chi connectivity index (χ2n) is 4.73. The van der Waals surface area contributed by atoms with Gasteiger partial charge in [-0.3, -0.25) is 4.79 Å². The van der Waals surface area contributed by atoms with Crippen molar-refractivity contribution in [2.75, 3.05) is 13.6 Å². The number of carbonyl (C=O) groups excluding carboxylic acids is 1. The molecule has 2 aliphatic rings. The molecule has 2 saturated heterocycles. The van der Waals surface area contributed by atoms with Gasteiger partial charge < -0.3 is 14.9 Å². The fourth-order valence-electron chi connectivity index (χ4n) is 2.95. The summed E-state index contributed by atoms with van der Waals surface area (Å²) in [7, 11) is 1.65. The van der Waals surface area contributed by atoms with E-state index in [0.717, 1.165) is 12.8 Å². The number of nitrogens with zero attached hydrogens (tertiary/aromatic N) is 2. The number of fused-ring (bicyclic) bond motifs is 2. The number of carboxylic acid groups (broad SMARTS) is 1. The van der Waals surface area contributed by atoms with Crippen molar-refractivity contribution in [2.24, 2.45) is 5.92 Å². The van der Waals surface area contributed by atoms with Crippen LogP contribution in [0.15, 0.2) is 0 Å². The highest BCUT2D eigenvalue weighted by Gasteiger charge is 2.51. The van der Waals surface area contributed by atoms with Crippen LogP contribution in [0.25, 0.3) is 0 Å². The Bertz CT molecular complexity index is 388. The molecule has 2 heterocycles. The van der Waals surface area contributed by atoms with Gasteiger partial charge >= 0.3 is 12.0 Å². The predicted molar refractivity (Wildman–Crippen MR) is 61.3 cm³/mol. The summed E-state index contributed by atoms with van der Waals surface area (Å²) in [6, 6.07) is -0.210. The molecular formula is C12H16N2O3. The van der Waals surface area contributed by atoms with Crippen LogP contribution in [0.2, 0.25) is 0 Å². The van der Waals surface area contributed by atoms with Gasteiger partial charge in [0, 0.05) is 19.1 Å². The van der Waals surface area contributed by atoms with Gasteiger partial charge in [0.2, 0.25) is 0 Å². The lowest BCUT2D eigenvalue weighted by molar-refractivity contribution is -0.142. The van der Waals surface area contributed by atoms with Crippen molar-refractivity contribution in [1.29, 1.82) is 0 Å². The van der Waals surface area contributed by atoms with E-state index in [-0.39, 0.29) is 24.7 Å². The number of carboxylic acids is 1. The van der Waals surface area contributed by atoms with Crippen LogP contribution in [0.1, 0.15) is 19.3 Å². The second kappa shape index (κ2) is 4.28. The van der Waals surface area contributed by atoms with Crippen LogP contribution in [0.5, 0.6) is 0 Å². The summed E-state index contributed by atoms with van der Waals surface area (Å²) < 4.78 is 0. The highest BCUT2D eigenvalue weighted by Crippen LogP contribution is 2.42. The molecule has 0 aliphatic carbocycles. The van der Waals surface area contributed by atoms with Crippen molar-refractivity contribution in [3.05, 3.63) is 0 Å². The first kappa shape index (κ1) is 11.8. The minimum absolute atomic E-state index is 0.0776. The van der Waals surface area contributed by atoms with Gasteiger partial charge in [-0.2, -0.15) is 0 Å². The van der Waals surface area contributed by atoms with Crippen LogP contribution in [0, 0.1) is 18.3 Å². The normalized spacial score (nSPS) is 30.1. The lowest BCUT2D eigenvalue weighted by Gasteiger charge is -2.27. The number of urea groups is 1. The summed E-state index contributed by atoms with van der Waals surface area (Å²) in [5.74, 6) is 1.22. The molecule has 3 unspecified atom stereocenters. The van der Waals surface area contributed by atoms with E-state index < -0.39 is 11.9 Å². The fourth-order valence-corrected chi connectivity index (χ4v) is 2.95. The standard InChI is InChI=1S/C12H16N2O3/c1-3-6-13(2)12(17)14-8-4-5-10(14)9(7-8)11(15)16/h1,8-10H,4-7H2,2H3,(H,15,16). The Labute approximate surface area is 100 Å². The van der Waals surface area contributed by atoms with Gasteiger partial charge in [-0.05, 0) is 19.3 Å². The molecule has 2 fully saturated rings. The van der Waals surface area contributed by atoms with Gasteiger partial charge in [-0.1, -0.05) is 5.92 Å².